The fraction of sp³-hybridized carbons (Fsp3) is 0.714. The Morgan fingerprint density at radius 2 is 2.05 bits per heavy atom. The van der Waals surface area contributed by atoms with E-state index in [1.165, 1.54) is 37.0 Å². The molecule has 0 aliphatic carbocycles. The van der Waals surface area contributed by atoms with Crippen molar-refractivity contribution < 1.29 is 4.79 Å². The fourth-order valence-electron chi connectivity index (χ4n) is 2.66. The number of amides is 1. The summed E-state index contributed by atoms with van der Waals surface area (Å²) >= 11 is 6.07. The standard InChI is InChI=1S/C14H23ClN4O/c1-11-12(13(15)18(2)17-11)14(20)16-7-6-10-19-8-4-3-5-9-19/h3-10H2,1-2H3,(H,16,20). The van der Waals surface area contributed by atoms with Gasteiger partial charge >= 0.3 is 0 Å². The van der Waals surface area contributed by atoms with E-state index in [1.807, 2.05) is 0 Å². The van der Waals surface area contributed by atoms with Crippen LogP contribution in [0.2, 0.25) is 5.15 Å². The van der Waals surface area contributed by atoms with Crippen LogP contribution in [0.5, 0.6) is 0 Å². The van der Waals surface area contributed by atoms with Gasteiger partial charge < -0.3 is 10.2 Å². The van der Waals surface area contributed by atoms with Crippen LogP contribution in [-0.4, -0.2) is 46.8 Å². The predicted octanol–water partition coefficient (Wildman–Crippen LogP) is 1.99. The van der Waals surface area contributed by atoms with Crippen molar-refractivity contribution in [2.45, 2.75) is 32.6 Å². The molecule has 1 aromatic heterocycles. The molecule has 5 nitrogen and oxygen atoms in total. The highest BCUT2D eigenvalue weighted by Crippen LogP contribution is 2.18. The van der Waals surface area contributed by atoms with Crippen LogP contribution in [-0.2, 0) is 7.05 Å². The molecule has 1 aliphatic heterocycles. The van der Waals surface area contributed by atoms with Gasteiger partial charge in [0.15, 0.2) is 0 Å². The summed E-state index contributed by atoms with van der Waals surface area (Å²) in [5.74, 6) is -0.126. The molecule has 20 heavy (non-hydrogen) atoms. The van der Waals surface area contributed by atoms with Crippen LogP contribution in [0.3, 0.4) is 0 Å². The molecule has 112 valence electrons. The Kier molecular flexibility index (Phi) is 5.43. The van der Waals surface area contributed by atoms with Crippen molar-refractivity contribution in [1.82, 2.24) is 20.0 Å². The molecule has 1 amide bonds. The summed E-state index contributed by atoms with van der Waals surface area (Å²) in [5.41, 5.74) is 1.16. The molecular weight excluding hydrogens is 276 g/mol. The Morgan fingerprint density at radius 1 is 1.35 bits per heavy atom. The molecule has 2 rings (SSSR count). The highest BCUT2D eigenvalue weighted by Gasteiger charge is 2.18. The van der Waals surface area contributed by atoms with Crippen LogP contribution < -0.4 is 5.32 Å². The molecule has 0 atom stereocenters. The summed E-state index contributed by atoms with van der Waals surface area (Å²) in [6.07, 6.45) is 4.93. The van der Waals surface area contributed by atoms with E-state index in [0.29, 0.717) is 23.0 Å². The summed E-state index contributed by atoms with van der Waals surface area (Å²) < 4.78 is 1.53. The Balaban J connectivity index is 1.74. The van der Waals surface area contributed by atoms with E-state index in [1.54, 1.807) is 14.0 Å². The number of likely N-dealkylation sites (tertiary alicyclic amines) is 1. The van der Waals surface area contributed by atoms with Gasteiger partial charge in [0.2, 0.25) is 0 Å². The van der Waals surface area contributed by atoms with Crippen molar-refractivity contribution in [2.24, 2.45) is 7.05 Å². The molecule has 0 aromatic carbocycles. The summed E-state index contributed by atoms with van der Waals surface area (Å²) in [6, 6.07) is 0. The number of hydrogen-bond donors (Lipinski definition) is 1. The van der Waals surface area contributed by atoms with Crippen molar-refractivity contribution in [3.05, 3.63) is 16.4 Å². The zero-order valence-corrected chi connectivity index (χ0v) is 13.0. The number of hydrogen-bond acceptors (Lipinski definition) is 3. The first-order valence-corrected chi connectivity index (χ1v) is 7.67. The lowest BCUT2D eigenvalue weighted by Crippen LogP contribution is -2.33. The van der Waals surface area contributed by atoms with Crippen molar-refractivity contribution in [3.63, 3.8) is 0 Å². The van der Waals surface area contributed by atoms with Gasteiger partial charge in [0.25, 0.3) is 5.91 Å². The molecule has 0 spiro atoms. The topological polar surface area (TPSA) is 50.2 Å². The van der Waals surface area contributed by atoms with E-state index in [4.69, 9.17) is 11.6 Å². The Labute approximate surface area is 125 Å². The molecule has 0 radical (unpaired) electrons. The van der Waals surface area contributed by atoms with Gasteiger partial charge in [0.1, 0.15) is 5.15 Å². The molecule has 1 saturated heterocycles. The van der Waals surface area contributed by atoms with Gasteiger partial charge in [-0.1, -0.05) is 18.0 Å². The maximum Gasteiger partial charge on any atom is 0.256 e. The van der Waals surface area contributed by atoms with E-state index in [-0.39, 0.29) is 5.91 Å². The number of halogens is 1. The number of carbonyl (C=O) groups excluding carboxylic acids is 1. The average Bonchev–Trinajstić information content (AvgIpc) is 2.69. The van der Waals surface area contributed by atoms with Crippen molar-refractivity contribution >= 4 is 17.5 Å². The molecular formula is C14H23ClN4O. The summed E-state index contributed by atoms with van der Waals surface area (Å²) in [6.45, 7) is 5.93. The Hall–Kier alpha value is -1.07. The van der Waals surface area contributed by atoms with Gasteiger partial charge in [-0.3, -0.25) is 9.48 Å². The number of piperidine rings is 1. The number of aromatic nitrogens is 2. The summed E-state index contributed by atoms with van der Waals surface area (Å²) in [5, 5.41) is 7.48. The predicted molar refractivity (Wildman–Crippen MR) is 80.2 cm³/mol. The number of aryl methyl sites for hydroxylation is 2. The van der Waals surface area contributed by atoms with Gasteiger partial charge in [-0.15, -0.1) is 0 Å². The minimum atomic E-state index is -0.126. The molecule has 1 fully saturated rings. The molecule has 1 aliphatic rings. The third-order valence-corrected chi connectivity index (χ3v) is 4.20. The highest BCUT2D eigenvalue weighted by atomic mass is 35.5. The van der Waals surface area contributed by atoms with Crippen LogP contribution in [0, 0.1) is 6.92 Å². The number of rotatable bonds is 5. The molecule has 0 saturated carbocycles. The number of nitrogens with zero attached hydrogens (tertiary/aromatic N) is 3. The first-order valence-electron chi connectivity index (χ1n) is 7.29. The highest BCUT2D eigenvalue weighted by molar-refractivity contribution is 6.33. The third-order valence-electron chi connectivity index (χ3n) is 3.76. The maximum absolute atomic E-state index is 12.1. The SMILES string of the molecule is Cc1nn(C)c(Cl)c1C(=O)NCCCN1CCCCC1. The Morgan fingerprint density at radius 3 is 2.65 bits per heavy atom. The summed E-state index contributed by atoms with van der Waals surface area (Å²) in [4.78, 5) is 14.6. The van der Waals surface area contributed by atoms with Crippen molar-refractivity contribution in [2.75, 3.05) is 26.2 Å². The van der Waals surface area contributed by atoms with Crippen molar-refractivity contribution in [3.8, 4) is 0 Å². The van der Waals surface area contributed by atoms with E-state index in [0.717, 1.165) is 13.0 Å². The van der Waals surface area contributed by atoms with Gasteiger partial charge in [0.05, 0.1) is 11.3 Å². The lowest BCUT2D eigenvalue weighted by molar-refractivity contribution is 0.0950. The molecule has 2 heterocycles. The van der Waals surface area contributed by atoms with Crippen LogP contribution in [0.15, 0.2) is 0 Å². The Bertz CT molecular complexity index is 466. The summed E-state index contributed by atoms with van der Waals surface area (Å²) in [7, 11) is 1.74. The number of carbonyl (C=O) groups is 1. The van der Waals surface area contributed by atoms with Gasteiger partial charge in [0, 0.05) is 13.6 Å². The largest absolute Gasteiger partial charge is 0.352 e. The molecule has 0 unspecified atom stereocenters. The van der Waals surface area contributed by atoms with E-state index < -0.39 is 0 Å². The average molecular weight is 299 g/mol. The zero-order chi connectivity index (χ0) is 14.5. The lowest BCUT2D eigenvalue weighted by Gasteiger charge is -2.26. The quantitative estimate of drug-likeness (QED) is 0.846. The van der Waals surface area contributed by atoms with Crippen LogP contribution in [0.1, 0.15) is 41.7 Å². The second kappa shape index (κ2) is 7.09. The maximum atomic E-state index is 12.1. The van der Waals surface area contributed by atoms with Crippen LogP contribution in [0.25, 0.3) is 0 Å². The van der Waals surface area contributed by atoms with Gasteiger partial charge in [-0.25, -0.2) is 0 Å². The van der Waals surface area contributed by atoms with Crippen molar-refractivity contribution in [1.29, 1.82) is 0 Å². The lowest BCUT2D eigenvalue weighted by atomic mass is 10.1. The monoisotopic (exact) mass is 298 g/mol. The smallest absolute Gasteiger partial charge is 0.256 e. The van der Waals surface area contributed by atoms with Gasteiger partial charge in [-0.05, 0) is 45.8 Å². The number of nitrogens with one attached hydrogen (secondary N) is 1. The molecule has 1 N–H and O–H groups in total. The molecule has 1 aromatic rings. The fourth-order valence-corrected chi connectivity index (χ4v) is 2.92. The van der Waals surface area contributed by atoms with Crippen LogP contribution >= 0.6 is 11.6 Å². The minimum absolute atomic E-state index is 0.126. The van der Waals surface area contributed by atoms with Crippen LogP contribution in [0.4, 0.5) is 0 Å². The third kappa shape index (κ3) is 3.73. The van der Waals surface area contributed by atoms with E-state index >= 15 is 0 Å². The second-order valence-electron chi connectivity index (χ2n) is 5.39. The van der Waals surface area contributed by atoms with E-state index in [9.17, 15) is 4.79 Å². The minimum Gasteiger partial charge on any atom is -0.352 e. The van der Waals surface area contributed by atoms with Gasteiger partial charge in [-0.2, -0.15) is 5.10 Å². The normalized spacial score (nSPS) is 16.4. The first kappa shape index (κ1) is 15.3. The van der Waals surface area contributed by atoms with E-state index in [2.05, 4.69) is 15.3 Å². The zero-order valence-electron chi connectivity index (χ0n) is 12.3. The molecule has 0 bridgehead atoms. The second-order valence-corrected chi connectivity index (χ2v) is 5.74. The molecule has 6 heteroatoms. The first-order chi connectivity index (χ1) is 9.59.